The first-order valence-corrected chi connectivity index (χ1v) is 10.5. The third-order valence-corrected chi connectivity index (χ3v) is 6.20. The molecule has 0 atom stereocenters. The highest BCUT2D eigenvalue weighted by Crippen LogP contribution is 2.38. The van der Waals surface area contributed by atoms with E-state index in [4.69, 9.17) is 16.6 Å². The van der Waals surface area contributed by atoms with Crippen LogP contribution in [0.1, 0.15) is 35.2 Å². The molecule has 2 aromatic carbocycles. The number of benzene rings is 2. The van der Waals surface area contributed by atoms with Crippen LogP contribution in [0.15, 0.2) is 59.6 Å². The molecule has 0 spiro atoms. The summed E-state index contributed by atoms with van der Waals surface area (Å²) in [6, 6.07) is 20.6. The average molecular weight is 391 g/mol. The summed E-state index contributed by atoms with van der Waals surface area (Å²) in [6.45, 7) is 0. The zero-order chi connectivity index (χ0) is 18.6. The van der Waals surface area contributed by atoms with Gasteiger partial charge in [0.05, 0.1) is 5.56 Å². The summed E-state index contributed by atoms with van der Waals surface area (Å²) in [5.74, 6) is 0.807. The predicted octanol–water partition coefficient (Wildman–Crippen LogP) is 6.44. The lowest BCUT2D eigenvalue weighted by molar-refractivity contribution is 0.661. The molecule has 134 valence electrons. The first kappa shape index (κ1) is 18.1. The van der Waals surface area contributed by atoms with E-state index in [2.05, 4.69) is 18.2 Å². The van der Waals surface area contributed by atoms with E-state index in [1.165, 1.54) is 11.1 Å². The standard InChI is InChI=1S/C23H19ClN2S/c24-18-12-10-17(11-13-18)22-19-8-4-5-9-21(19)26-23(20(22)14-25)27-15-16-6-2-1-3-7-16/h1-3,6-7,10-13H,4-5,8-9,15H2. The van der Waals surface area contributed by atoms with Gasteiger partial charge < -0.3 is 0 Å². The Morgan fingerprint density at radius 2 is 1.74 bits per heavy atom. The monoisotopic (exact) mass is 390 g/mol. The molecule has 4 rings (SSSR count). The molecular formula is C23H19ClN2S. The third-order valence-electron chi connectivity index (χ3n) is 4.90. The summed E-state index contributed by atoms with van der Waals surface area (Å²) in [4.78, 5) is 4.92. The van der Waals surface area contributed by atoms with E-state index < -0.39 is 0 Å². The van der Waals surface area contributed by atoms with Gasteiger partial charge in [0.2, 0.25) is 0 Å². The van der Waals surface area contributed by atoms with Crippen LogP contribution in [-0.2, 0) is 18.6 Å². The van der Waals surface area contributed by atoms with Gasteiger partial charge in [-0.2, -0.15) is 5.26 Å². The van der Waals surface area contributed by atoms with E-state index in [0.29, 0.717) is 10.6 Å². The van der Waals surface area contributed by atoms with Crippen molar-refractivity contribution in [2.24, 2.45) is 0 Å². The van der Waals surface area contributed by atoms with Gasteiger partial charge in [-0.15, -0.1) is 11.8 Å². The van der Waals surface area contributed by atoms with E-state index >= 15 is 0 Å². The van der Waals surface area contributed by atoms with Gasteiger partial charge in [-0.25, -0.2) is 4.98 Å². The minimum atomic E-state index is 0.693. The van der Waals surface area contributed by atoms with Gasteiger partial charge in [-0.3, -0.25) is 0 Å². The van der Waals surface area contributed by atoms with Crippen molar-refractivity contribution >= 4 is 23.4 Å². The summed E-state index contributed by atoms with van der Waals surface area (Å²) in [6.07, 6.45) is 4.28. The number of hydrogen-bond donors (Lipinski definition) is 0. The van der Waals surface area contributed by atoms with E-state index in [9.17, 15) is 5.26 Å². The lowest BCUT2D eigenvalue weighted by Gasteiger charge is -2.22. The van der Waals surface area contributed by atoms with Gasteiger partial charge in [0, 0.05) is 22.0 Å². The van der Waals surface area contributed by atoms with Gasteiger partial charge in [0.1, 0.15) is 11.1 Å². The van der Waals surface area contributed by atoms with Crippen LogP contribution >= 0.6 is 23.4 Å². The van der Waals surface area contributed by atoms with Crippen molar-refractivity contribution < 1.29 is 0 Å². The molecule has 27 heavy (non-hydrogen) atoms. The highest BCUT2D eigenvalue weighted by Gasteiger charge is 2.23. The molecule has 0 saturated carbocycles. The minimum Gasteiger partial charge on any atom is -0.245 e. The Morgan fingerprint density at radius 1 is 1.00 bits per heavy atom. The Balaban J connectivity index is 1.81. The first-order valence-electron chi connectivity index (χ1n) is 9.15. The molecule has 2 nitrogen and oxygen atoms in total. The Labute approximate surface area is 169 Å². The van der Waals surface area contributed by atoms with Crippen LogP contribution in [0.4, 0.5) is 0 Å². The maximum absolute atomic E-state index is 9.98. The second-order valence-corrected chi connectivity index (χ2v) is 8.09. The van der Waals surface area contributed by atoms with Crippen LogP contribution in [0.25, 0.3) is 11.1 Å². The zero-order valence-corrected chi connectivity index (χ0v) is 16.5. The Morgan fingerprint density at radius 3 is 2.48 bits per heavy atom. The molecule has 0 radical (unpaired) electrons. The van der Waals surface area contributed by atoms with Crippen molar-refractivity contribution in [2.75, 3.05) is 0 Å². The average Bonchev–Trinajstić information content (AvgIpc) is 2.72. The molecule has 0 aliphatic heterocycles. The fourth-order valence-electron chi connectivity index (χ4n) is 3.59. The molecule has 1 aliphatic rings. The van der Waals surface area contributed by atoms with Crippen molar-refractivity contribution in [3.8, 4) is 17.2 Å². The van der Waals surface area contributed by atoms with E-state index in [1.807, 2.05) is 42.5 Å². The van der Waals surface area contributed by atoms with Crippen LogP contribution in [0.5, 0.6) is 0 Å². The maximum atomic E-state index is 9.98. The van der Waals surface area contributed by atoms with Gasteiger partial charge in [-0.05, 0) is 54.5 Å². The highest BCUT2D eigenvalue weighted by molar-refractivity contribution is 7.98. The number of aryl methyl sites for hydroxylation is 1. The smallest absolute Gasteiger partial charge is 0.115 e. The molecule has 1 aliphatic carbocycles. The Kier molecular flexibility index (Phi) is 5.48. The quantitative estimate of drug-likeness (QED) is 0.480. The highest BCUT2D eigenvalue weighted by atomic mass is 35.5. The van der Waals surface area contributed by atoms with Crippen molar-refractivity contribution in [3.05, 3.63) is 82.0 Å². The first-order chi connectivity index (χ1) is 13.3. The molecule has 1 aromatic heterocycles. The molecular weight excluding hydrogens is 372 g/mol. The molecule has 1 heterocycles. The molecule has 0 amide bonds. The summed E-state index contributed by atoms with van der Waals surface area (Å²) >= 11 is 7.73. The number of aromatic nitrogens is 1. The lowest BCUT2D eigenvalue weighted by atomic mass is 9.87. The number of hydrogen-bond acceptors (Lipinski definition) is 3. The van der Waals surface area contributed by atoms with Crippen LogP contribution in [0.2, 0.25) is 5.02 Å². The second kappa shape index (κ2) is 8.17. The molecule has 0 bridgehead atoms. The van der Waals surface area contributed by atoms with Crippen molar-refractivity contribution in [1.82, 2.24) is 4.98 Å². The zero-order valence-electron chi connectivity index (χ0n) is 14.9. The van der Waals surface area contributed by atoms with Gasteiger partial charge >= 0.3 is 0 Å². The molecule has 0 N–H and O–H groups in total. The van der Waals surface area contributed by atoms with Gasteiger partial charge in [0.25, 0.3) is 0 Å². The number of pyridine rings is 1. The molecule has 3 aromatic rings. The van der Waals surface area contributed by atoms with Crippen LogP contribution < -0.4 is 0 Å². The molecule has 0 saturated heterocycles. The Hall–Kier alpha value is -2.28. The largest absolute Gasteiger partial charge is 0.245 e. The van der Waals surface area contributed by atoms with Crippen molar-refractivity contribution in [1.29, 1.82) is 5.26 Å². The number of nitrogens with zero attached hydrogens (tertiary/aromatic N) is 2. The molecule has 0 unspecified atom stereocenters. The molecule has 0 fully saturated rings. The Bertz CT molecular complexity index is 992. The van der Waals surface area contributed by atoms with E-state index in [1.54, 1.807) is 11.8 Å². The fraction of sp³-hybridized carbons (Fsp3) is 0.217. The van der Waals surface area contributed by atoms with Crippen LogP contribution in [0.3, 0.4) is 0 Å². The minimum absolute atomic E-state index is 0.693. The van der Waals surface area contributed by atoms with Crippen molar-refractivity contribution in [3.63, 3.8) is 0 Å². The normalized spacial score (nSPS) is 13.0. The fourth-order valence-corrected chi connectivity index (χ4v) is 4.68. The van der Waals surface area contributed by atoms with Crippen LogP contribution in [-0.4, -0.2) is 4.98 Å². The summed E-state index contributed by atoms with van der Waals surface area (Å²) < 4.78 is 0. The lowest BCUT2D eigenvalue weighted by Crippen LogP contribution is -2.10. The number of fused-ring (bicyclic) bond motifs is 1. The van der Waals surface area contributed by atoms with E-state index in [-0.39, 0.29) is 0 Å². The summed E-state index contributed by atoms with van der Waals surface area (Å²) in [5.41, 5.74) is 6.43. The third kappa shape index (κ3) is 3.88. The topological polar surface area (TPSA) is 36.7 Å². The van der Waals surface area contributed by atoms with Crippen LogP contribution in [0, 0.1) is 11.3 Å². The second-order valence-electron chi connectivity index (χ2n) is 6.69. The van der Waals surface area contributed by atoms with E-state index in [0.717, 1.165) is 53.3 Å². The summed E-state index contributed by atoms with van der Waals surface area (Å²) in [7, 11) is 0. The number of halogens is 1. The number of thioether (sulfide) groups is 1. The SMILES string of the molecule is N#Cc1c(SCc2ccccc2)nc2c(c1-c1ccc(Cl)cc1)CCCC2. The number of rotatable bonds is 4. The maximum Gasteiger partial charge on any atom is 0.115 e. The molecule has 4 heteroatoms. The van der Waals surface area contributed by atoms with Gasteiger partial charge in [-0.1, -0.05) is 54.1 Å². The van der Waals surface area contributed by atoms with Gasteiger partial charge in [0.15, 0.2) is 0 Å². The predicted molar refractivity (Wildman–Crippen MR) is 112 cm³/mol. The van der Waals surface area contributed by atoms with Crippen molar-refractivity contribution in [2.45, 2.75) is 36.5 Å². The number of nitriles is 1. The summed E-state index contributed by atoms with van der Waals surface area (Å²) in [5, 5.41) is 11.5.